The Bertz CT molecular complexity index is 718. The molecule has 0 radical (unpaired) electrons. The molecule has 3 rings (SSSR count). The maximum atomic E-state index is 12.5. The lowest BCUT2D eigenvalue weighted by molar-refractivity contribution is 0.402. The first-order valence-electron chi connectivity index (χ1n) is 6.63. The molecule has 112 valence electrons. The molecule has 21 heavy (non-hydrogen) atoms. The van der Waals surface area contributed by atoms with Gasteiger partial charge in [-0.15, -0.1) is 0 Å². The lowest BCUT2D eigenvalue weighted by atomic mass is 10.2. The van der Waals surface area contributed by atoms with Crippen LogP contribution in [-0.2, 0) is 15.8 Å². The molecule has 1 saturated heterocycles. The molecule has 2 aromatic rings. The van der Waals surface area contributed by atoms with Crippen molar-refractivity contribution in [1.29, 1.82) is 0 Å². The number of nitrogens with zero attached hydrogens (tertiary/aromatic N) is 4. The van der Waals surface area contributed by atoms with Gasteiger partial charge < -0.3 is 0 Å². The summed E-state index contributed by atoms with van der Waals surface area (Å²) in [6, 6.07) is 6.95. The standard InChI is InChI=1S/C13H15ClN4O2S/c14-12-3-1-2-11(8-12)10-21(19,20)17-7-4-13(9-17)18-15-5-6-16-18/h1-3,5-6,8,13H,4,7,9-10H2. The van der Waals surface area contributed by atoms with E-state index in [-0.39, 0.29) is 11.8 Å². The second-order valence-electron chi connectivity index (χ2n) is 5.04. The smallest absolute Gasteiger partial charge is 0.212 e. The number of sulfonamides is 1. The van der Waals surface area contributed by atoms with Crippen LogP contribution in [0.25, 0.3) is 0 Å². The van der Waals surface area contributed by atoms with Gasteiger partial charge in [-0.2, -0.15) is 19.3 Å². The van der Waals surface area contributed by atoms with Crippen LogP contribution in [0, 0.1) is 0 Å². The predicted molar refractivity (Wildman–Crippen MR) is 79.3 cm³/mol. The zero-order valence-electron chi connectivity index (χ0n) is 11.3. The second-order valence-corrected chi connectivity index (χ2v) is 7.44. The summed E-state index contributed by atoms with van der Waals surface area (Å²) in [5, 5.41) is 8.70. The van der Waals surface area contributed by atoms with Crippen LogP contribution in [0.5, 0.6) is 0 Å². The lowest BCUT2D eigenvalue weighted by Gasteiger charge is -2.16. The average molecular weight is 327 g/mol. The van der Waals surface area contributed by atoms with E-state index in [1.807, 2.05) is 0 Å². The summed E-state index contributed by atoms with van der Waals surface area (Å²) < 4.78 is 26.4. The number of aromatic nitrogens is 3. The van der Waals surface area contributed by atoms with Gasteiger partial charge in [-0.25, -0.2) is 8.42 Å². The van der Waals surface area contributed by atoms with E-state index in [9.17, 15) is 8.42 Å². The number of rotatable bonds is 4. The summed E-state index contributed by atoms with van der Waals surface area (Å²) in [4.78, 5) is 1.58. The zero-order valence-corrected chi connectivity index (χ0v) is 12.8. The van der Waals surface area contributed by atoms with Crippen molar-refractivity contribution in [3.8, 4) is 0 Å². The topological polar surface area (TPSA) is 68.1 Å². The van der Waals surface area contributed by atoms with Gasteiger partial charge in [0.15, 0.2) is 0 Å². The first-order valence-corrected chi connectivity index (χ1v) is 8.61. The summed E-state index contributed by atoms with van der Waals surface area (Å²) in [7, 11) is -3.35. The van der Waals surface area contributed by atoms with Gasteiger partial charge in [-0.1, -0.05) is 23.7 Å². The number of hydrogen-bond acceptors (Lipinski definition) is 4. The molecule has 1 aliphatic heterocycles. The first kappa shape index (κ1) is 14.5. The molecule has 0 aliphatic carbocycles. The third kappa shape index (κ3) is 3.25. The Morgan fingerprint density at radius 2 is 2.05 bits per heavy atom. The van der Waals surface area contributed by atoms with Crippen LogP contribution in [0.1, 0.15) is 18.0 Å². The number of halogens is 1. The molecule has 0 bridgehead atoms. The highest BCUT2D eigenvalue weighted by molar-refractivity contribution is 7.88. The van der Waals surface area contributed by atoms with Crippen LogP contribution in [0.3, 0.4) is 0 Å². The summed E-state index contributed by atoms with van der Waals surface area (Å²) in [6.07, 6.45) is 3.93. The van der Waals surface area contributed by atoms with Crippen LogP contribution < -0.4 is 0 Å². The van der Waals surface area contributed by atoms with Crippen molar-refractivity contribution >= 4 is 21.6 Å². The van der Waals surface area contributed by atoms with E-state index in [1.54, 1.807) is 41.5 Å². The Kier molecular flexibility index (Phi) is 3.97. The van der Waals surface area contributed by atoms with E-state index in [1.165, 1.54) is 4.31 Å². The third-order valence-corrected chi connectivity index (χ3v) is 5.57. The van der Waals surface area contributed by atoms with Gasteiger partial charge in [0, 0.05) is 18.1 Å². The maximum Gasteiger partial charge on any atom is 0.218 e. The van der Waals surface area contributed by atoms with Crippen LogP contribution in [0.4, 0.5) is 0 Å². The molecule has 0 saturated carbocycles. The minimum Gasteiger partial charge on any atom is -0.212 e. The van der Waals surface area contributed by atoms with Crippen LogP contribution in [0.2, 0.25) is 5.02 Å². The third-order valence-electron chi connectivity index (χ3n) is 3.52. The van der Waals surface area contributed by atoms with Gasteiger partial charge in [0.05, 0.1) is 24.2 Å². The Morgan fingerprint density at radius 3 is 2.76 bits per heavy atom. The Labute approximate surface area is 128 Å². The molecule has 2 heterocycles. The molecule has 1 unspecified atom stereocenters. The molecule has 8 heteroatoms. The fourth-order valence-corrected chi connectivity index (χ4v) is 4.27. The van der Waals surface area contributed by atoms with Gasteiger partial charge in [-0.05, 0) is 24.1 Å². The molecule has 1 fully saturated rings. The van der Waals surface area contributed by atoms with Crippen LogP contribution in [0.15, 0.2) is 36.7 Å². The van der Waals surface area contributed by atoms with E-state index in [0.717, 1.165) is 6.42 Å². The molecular weight excluding hydrogens is 312 g/mol. The Morgan fingerprint density at radius 1 is 1.29 bits per heavy atom. The normalized spacial score (nSPS) is 20.0. The molecular formula is C13H15ClN4O2S. The van der Waals surface area contributed by atoms with Crippen LogP contribution in [-0.4, -0.2) is 40.8 Å². The van der Waals surface area contributed by atoms with Gasteiger partial charge in [0.25, 0.3) is 0 Å². The van der Waals surface area contributed by atoms with E-state index in [2.05, 4.69) is 10.2 Å². The summed E-state index contributed by atoms with van der Waals surface area (Å²) in [6.45, 7) is 0.909. The zero-order chi connectivity index (χ0) is 14.9. The van der Waals surface area contributed by atoms with Gasteiger partial charge in [0.1, 0.15) is 0 Å². The SMILES string of the molecule is O=S(=O)(Cc1cccc(Cl)c1)N1CCC(n2nccn2)C1. The van der Waals surface area contributed by atoms with Gasteiger partial charge in [-0.3, -0.25) is 0 Å². The highest BCUT2D eigenvalue weighted by Gasteiger charge is 2.33. The Hall–Kier alpha value is -1.44. The van der Waals surface area contributed by atoms with E-state index >= 15 is 0 Å². The number of hydrogen-bond donors (Lipinski definition) is 0. The molecule has 0 amide bonds. The van der Waals surface area contributed by atoms with Crippen molar-refractivity contribution in [3.05, 3.63) is 47.2 Å². The van der Waals surface area contributed by atoms with E-state index < -0.39 is 10.0 Å². The molecule has 0 spiro atoms. The minimum atomic E-state index is -3.35. The minimum absolute atomic E-state index is 0.00846. The van der Waals surface area contributed by atoms with Crippen molar-refractivity contribution < 1.29 is 8.42 Å². The molecule has 1 aromatic heterocycles. The molecule has 1 atom stereocenters. The van der Waals surface area contributed by atoms with Gasteiger partial charge in [0.2, 0.25) is 10.0 Å². The van der Waals surface area contributed by atoms with Crippen LogP contribution >= 0.6 is 11.6 Å². The molecule has 1 aliphatic rings. The quantitative estimate of drug-likeness (QED) is 0.857. The second kappa shape index (κ2) is 5.75. The Balaban J connectivity index is 1.71. The summed E-state index contributed by atoms with van der Waals surface area (Å²) in [5.74, 6) is -0.0349. The van der Waals surface area contributed by atoms with Crippen molar-refractivity contribution in [2.75, 3.05) is 13.1 Å². The summed E-state index contributed by atoms with van der Waals surface area (Å²) in [5.41, 5.74) is 0.697. The fraction of sp³-hybridized carbons (Fsp3) is 0.385. The van der Waals surface area contributed by atoms with Crippen molar-refractivity contribution in [3.63, 3.8) is 0 Å². The first-order chi connectivity index (χ1) is 10.0. The molecule has 1 aromatic carbocycles. The van der Waals surface area contributed by atoms with Gasteiger partial charge >= 0.3 is 0 Å². The fourth-order valence-electron chi connectivity index (χ4n) is 2.50. The predicted octanol–water partition coefficient (Wildman–Crippen LogP) is 1.71. The highest BCUT2D eigenvalue weighted by atomic mass is 35.5. The van der Waals surface area contributed by atoms with Crippen molar-refractivity contribution in [2.24, 2.45) is 0 Å². The number of benzene rings is 1. The largest absolute Gasteiger partial charge is 0.218 e. The molecule has 0 N–H and O–H groups in total. The summed E-state index contributed by atoms with van der Waals surface area (Å²) >= 11 is 5.90. The average Bonchev–Trinajstić information content (AvgIpc) is 3.10. The van der Waals surface area contributed by atoms with E-state index in [4.69, 9.17) is 11.6 Å². The molecule has 6 nitrogen and oxygen atoms in total. The van der Waals surface area contributed by atoms with Crippen molar-refractivity contribution in [1.82, 2.24) is 19.3 Å². The maximum absolute atomic E-state index is 12.5. The lowest BCUT2D eigenvalue weighted by Crippen LogP contribution is -2.30. The highest BCUT2D eigenvalue weighted by Crippen LogP contribution is 2.24. The monoisotopic (exact) mass is 326 g/mol. The van der Waals surface area contributed by atoms with Crippen molar-refractivity contribution in [2.45, 2.75) is 18.2 Å². The van der Waals surface area contributed by atoms with E-state index in [0.29, 0.717) is 23.7 Å².